The summed E-state index contributed by atoms with van der Waals surface area (Å²) in [5, 5.41) is 13.5. The summed E-state index contributed by atoms with van der Waals surface area (Å²) in [6, 6.07) is 7.46. The smallest absolute Gasteiger partial charge is 0.293 e. The average Bonchev–Trinajstić information content (AvgIpc) is 3.77. The molecule has 1 N–H and O–H groups in total. The standard InChI is InChI=1S/C29H43N3O.C3H6O2/c1-4-7-9-11-24(6-3)30-29-27(12-8-5-2)26-13-10-18-33-20-23-19-22(21-14-15-21)16-17-25(23)28(26)31-32-29;1-2-5-3-4/h16-17,19,21,24H,4-15,18,20H2,1-3H3,(H,30,32);3H,2H2,1H3. The van der Waals surface area contributed by atoms with Gasteiger partial charge in [0, 0.05) is 23.8 Å². The number of nitrogens with one attached hydrogen (secondary N) is 1. The van der Waals surface area contributed by atoms with Crippen LogP contribution in [0.1, 0.15) is 120 Å². The Bertz CT molecular complexity index is 990. The maximum absolute atomic E-state index is 9.18. The monoisotopic (exact) mass is 523 g/mol. The molecule has 1 aromatic carbocycles. The molecule has 4 rings (SSSR count). The number of carbonyl (C=O) groups is 1. The molecule has 6 heteroatoms. The molecule has 0 spiro atoms. The van der Waals surface area contributed by atoms with E-state index < -0.39 is 0 Å². The van der Waals surface area contributed by atoms with Gasteiger partial charge in [-0.2, -0.15) is 0 Å². The normalized spacial score (nSPS) is 15.5. The second-order valence-corrected chi connectivity index (χ2v) is 10.6. The van der Waals surface area contributed by atoms with Crippen LogP contribution in [-0.2, 0) is 33.7 Å². The van der Waals surface area contributed by atoms with Gasteiger partial charge in [0.1, 0.15) is 0 Å². The number of fused-ring (bicyclic) bond motifs is 3. The summed E-state index contributed by atoms with van der Waals surface area (Å²) in [7, 11) is 0. The number of unbranched alkanes of at least 4 members (excludes halogenated alkanes) is 3. The fraction of sp³-hybridized carbons (Fsp3) is 0.656. The van der Waals surface area contributed by atoms with Crippen LogP contribution in [0.2, 0.25) is 0 Å². The molecular formula is C32H49N3O3. The van der Waals surface area contributed by atoms with Gasteiger partial charge >= 0.3 is 0 Å². The van der Waals surface area contributed by atoms with Gasteiger partial charge in [-0.15, -0.1) is 10.2 Å². The number of nitrogens with zero attached hydrogens (tertiary/aromatic N) is 2. The van der Waals surface area contributed by atoms with Crippen molar-refractivity contribution in [3.63, 3.8) is 0 Å². The van der Waals surface area contributed by atoms with Crippen LogP contribution in [0, 0.1) is 0 Å². The van der Waals surface area contributed by atoms with Gasteiger partial charge in [0.25, 0.3) is 6.47 Å². The highest BCUT2D eigenvalue weighted by atomic mass is 16.5. The Hall–Kier alpha value is -2.47. The van der Waals surface area contributed by atoms with Crippen molar-refractivity contribution in [1.82, 2.24) is 10.2 Å². The molecule has 1 unspecified atom stereocenters. The molecule has 1 atom stereocenters. The van der Waals surface area contributed by atoms with Gasteiger partial charge in [-0.3, -0.25) is 4.79 Å². The molecule has 0 amide bonds. The van der Waals surface area contributed by atoms with E-state index in [4.69, 9.17) is 14.9 Å². The molecule has 1 aromatic heterocycles. The average molecular weight is 524 g/mol. The van der Waals surface area contributed by atoms with E-state index in [1.54, 1.807) is 6.92 Å². The minimum absolute atomic E-state index is 0.431. The van der Waals surface area contributed by atoms with Gasteiger partial charge in [0.2, 0.25) is 0 Å². The zero-order chi connectivity index (χ0) is 27.2. The van der Waals surface area contributed by atoms with Crippen LogP contribution in [0.4, 0.5) is 5.82 Å². The third kappa shape index (κ3) is 8.79. The molecule has 2 heterocycles. The summed E-state index contributed by atoms with van der Waals surface area (Å²) < 4.78 is 10.2. The zero-order valence-corrected chi connectivity index (χ0v) is 24.2. The predicted octanol–water partition coefficient (Wildman–Crippen LogP) is 7.78. The molecule has 1 saturated carbocycles. The summed E-state index contributed by atoms with van der Waals surface area (Å²) in [5.41, 5.74) is 7.86. The number of aromatic nitrogens is 2. The van der Waals surface area contributed by atoms with Gasteiger partial charge in [0.15, 0.2) is 5.82 Å². The van der Waals surface area contributed by atoms with Gasteiger partial charge in [-0.05, 0) is 80.9 Å². The topological polar surface area (TPSA) is 73.3 Å². The van der Waals surface area contributed by atoms with E-state index in [0.717, 1.165) is 49.7 Å². The summed E-state index contributed by atoms with van der Waals surface area (Å²) >= 11 is 0. The lowest BCUT2D eigenvalue weighted by Crippen LogP contribution is -2.21. The molecule has 210 valence electrons. The molecule has 38 heavy (non-hydrogen) atoms. The first kappa shape index (κ1) is 30.1. The van der Waals surface area contributed by atoms with E-state index in [1.807, 2.05) is 0 Å². The van der Waals surface area contributed by atoms with Crippen LogP contribution in [0.3, 0.4) is 0 Å². The fourth-order valence-electron chi connectivity index (χ4n) is 5.18. The molecule has 0 bridgehead atoms. The first-order valence-electron chi connectivity index (χ1n) is 15.1. The van der Waals surface area contributed by atoms with Gasteiger partial charge < -0.3 is 14.8 Å². The van der Waals surface area contributed by atoms with Gasteiger partial charge in [0.05, 0.1) is 18.9 Å². The lowest BCUT2D eigenvalue weighted by molar-refractivity contribution is -0.128. The minimum Gasteiger partial charge on any atom is -0.468 e. The summed E-state index contributed by atoms with van der Waals surface area (Å²) in [6.07, 6.45) is 14.3. The third-order valence-electron chi connectivity index (χ3n) is 7.60. The number of ether oxygens (including phenoxy) is 2. The zero-order valence-electron chi connectivity index (χ0n) is 24.2. The van der Waals surface area contributed by atoms with Crippen molar-refractivity contribution in [2.45, 2.75) is 123 Å². The van der Waals surface area contributed by atoms with E-state index in [9.17, 15) is 4.79 Å². The van der Waals surface area contributed by atoms with Crippen molar-refractivity contribution in [2.24, 2.45) is 0 Å². The summed E-state index contributed by atoms with van der Waals surface area (Å²) in [4.78, 5) is 9.18. The molecule has 2 aromatic rings. The SMILES string of the molecule is CCCCCC(CC)Nc1nnc2c(c1CCCC)CCCOCc1cc(C3CC3)ccc1-2.CCOC=O. The quantitative estimate of drug-likeness (QED) is 0.213. The van der Waals surface area contributed by atoms with E-state index in [0.29, 0.717) is 25.7 Å². The first-order chi connectivity index (χ1) is 18.7. The van der Waals surface area contributed by atoms with E-state index in [1.165, 1.54) is 79.2 Å². The number of carbonyl (C=O) groups excluding carboxylic acids is 1. The lowest BCUT2D eigenvalue weighted by atomic mass is 9.92. The Morgan fingerprint density at radius 1 is 1.11 bits per heavy atom. The number of hydrogen-bond acceptors (Lipinski definition) is 6. The largest absolute Gasteiger partial charge is 0.468 e. The van der Waals surface area contributed by atoms with Crippen molar-refractivity contribution < 1.29 is 14.3 Å². The Morgan fingerprint density at radius 2 is 1.92 bits per heavy atom. The molecule has 2 aliphatic rings. The van der Waals surface area contributed by atoms with Gasteiger partial charge in [-0.1, -0.05) is 64.7 Å². The maximum atomic E-state index is 9.18. The van der Waals surface area contributed by atoms with Crippen molar-refractivity contribution in [1.29, 1.82) is 0 Å². The Balaban J connectivity index is 0.000000732. The van der Waals surface area contributed by atoms with Crippen LogP contribution in [0.25, 0.3) is 11.3 Å². The highest BCUT2D eigenvalue weighted by Gasteiger charge is 2.26. The highest BCUT2D eigenvalue weighted by molar-refractivity contribution is 5.71. The molecule has 1 aliphatic heterocycles. The molecule has 0 radical (unpaired) electrons. The van der Waals surface area contributed by atoms with E-state index in [-0.39, 0.29) is 0 Å². The maximum Gasteiger partial charge on any atom is 0.293 e. The minimum atomic E-state index is 0.431. The number of anilines is 1. The molecular weight excluding hydrogens is 474 g/mol. The Kier molecular flexibility index (Phi) is 13.0. The molecule has 1 aliphatic carbocycles. The van der Waals surface area contributed by atoms with Gasteiger partial charge in [-0.25, -0.2) is 0 Å². The second kappa shape index (κ2) is 16.5. The Labute approximate surface area is 230 Å². The van der Waals surface area contributed by atoms with E-state index in [2.05, 4.69) is 49.0 Å². The predicted molar refractivity (Wildman–Crippen MR) is 156 cm³/mol. The molecule has 0 saturated heterocycles. The highest BCUT2D eigenvalue weighted by Crippen LogP contribution is 2.42. The van der Waals surface area contributed by atoms with E-state index >= 15 is 0 Å². The Morgan fingerprint density at radius 3 is 2.58 bits per heavy atom. The second-order valence-electron chi connectivity index (χ2n) is 10.6. The third-order valence-corrected chi connectivity index (χ3v) is 7.60. The summed E-state index contributed by atoms with van der Waals surface area (Å²) in [5.74, 6) is 1.78. The number of hydrogen-bond donors (Lipinski definition) is 1. The van der Waals surface area contributed by atoms with Crippen molar-refractivity contribution in [2.75, 3.05) is 18.5 Å². The molecule has 1 fully saturated rings. The van der Waals surface area contributed by atoms with Crippen molar-refractivity contribution >= 4 is 12.3 Å². The number of rotatable bonds is 13. The van der Waals surface area contributed by atoms with Crippen LogP contribution >= 0.6 is 0 Å². The van der Waals surface area contributed by atoms with Crippen molar-refractivity contribution in [3.05, 3.63) is 40.5 Å². The van der Waals surface area contributed by atoms with Crippen LogP contribution in [0.5, 0.6) is 0 Å². The number of benzene rings is 1. The molecule has 6 nitrogen and oxygen atoms in total. The van der Waals surface area contributed by atoms with Crippen LogP contribution < -0.4 is 5.32 Å². The van der Waals surface area contributed by atoms with Crippen LogP contribution in [-0.4, -0.2) is 35.9 Å². The lowest BCUT2D eigenvalue weighted by Gasteiger charge is -2.22. The van der Waals surface area contributed by atoms with Crippen LogP contribution in [0.15, 0.2) is 18.2 Å². The fourth-order valence-corrected chi connectivity index (χ4v) is 5.18. The first-order valence-corrected chi connectivity index (χ1v) is 15.1. The van der Waals surface area contributed by atoms with Crippen molar-refractivity contribution in [3.8, 4) is 11.3 Å². The summed E-state index contributed by atoms with van der Waals surface area (Å²) in [6.45, 7) is 11.0.